The number of ether oxygens (including phenoxy) is 1. The number of nitrogens with zero attached hydrogens (tertiary/aromatic N) is 2. The van der Waals surface area contributed by atoms with Crippen molar-refractivity contribution in [2.75, 3.05) is 23.9 Å². The fourth-order valence-electron chi connectivity index (χ4n) is 3.83. The number of rotatable bonds is 7. The first kappa shape index (κ1) is 19.7. The molecule has 0 saturated heterocycles. The van der Waals surface area contributed by atoms with Gasteiger partial charge in [0.15, 0.2) is 5.16 Å². The second-order valence-electron chi connectivity index (χ2n) is 7.55. The minimum Gasteiger partial charge on any atom is -0.469 e. The van der Waals surface area contributed by atoms with Crippen LogP contribution in [-0.2, 0) is 16.0 Å². The normalized spacial score (nSPS) is 15.2. The number of carbonyl (C=O) groups is 1. The zero-order valence-corrected chi connectivity index (χ0v) is 18.4. The van der Waals surface area contributed by atoms with E-state index < -0.39 is 0 Å². The van der Waals surface area contributed by atoms with Crippen molar-refractivity contribution in [2.24, 2.45) is 0 Å². The van der Waals surface area contributed by atoms with Crippen molar-refractivity contribution >= 4 is 51.8 Å². The Morgan fingerprint density at radius 1 is 1.20 bits per heavy atom. The van der Waals surface area contributed by atoms with Crippen molar-refractivity contribution in [2.45, 2.75) is 41.7 Å². The van der Waals surface area contributed by atoms with Crippen molar-refractivity contribution in [3.63, 3.8) is 0 Å². The van der Waals surface area contributed by atoms with Gasteiger partial charge in [-0.2, -0.15) is 0 Å². The molecule has 154 valence electrons. The van der Waals surface area contributed by atoms with Crippen LogP contribution >= 0.6 is 23.5 Å². The average molecular weight is 438 g/mol. The number of anilines is 2. The van der Waals surface area contributed by atoms with E-state index >= 15 is 0 Å². The van der Waals surface area contributed by atoms with Crippen LogP contribution in [0.25, 0.3) is 10.8 Å². The van der Waals surface area contributed by atoms with E-state index in [1.165, 1.54) is 48.0 Å². The molecule has 1 fully saturated rings. The minimum atomic E-state index is -0.209. The lowest BCUT2D eigenvalue weighted by Crippen LogP contribution is -2.04. The summed E-state index contributed by atoms with van der Waals surface area (Å²) in [5, 5.41) is 6.88. The van der Waals surface area contributed by atoms with Gasteiger partial charge in [-0.15, -0.1) is 11.8 Å². The number of methoxy groups -OCH3 is 1. The molecule has 5 nitrogen and oxygen atoms in total. The molecule has 1 aromatic heterocycles. The fraction of sp³-hybridized carbons (Fsp3) is 0.348. The lowest BCUT2D eigenvalue weighted by Gasteiger charge is -2.15. The second-order valence-corrected chi connectivity index (χ2v) is 9.72. The standard InChI is InChI=1S/C23H23N3O2S2/c1-28-20(27)11-13-30-23-25-19-10-12-29-21(19)22(26-23)24-18-9-8-15(14-6-7-14)16-4-2-3-5-17(16)18/h2-5,8-9,14H,6-7,10-13H2,1H3,(H,24,25,26). The van der Waals surface area contributed by atoms with Gasteiger partial charge >= 0.3 is 5.97 Å². The SMILES string of the molecule is COC(=O)CCSc1nc2c(c(Nc3ccc(C4CC4)c4ccccc34)n1)SCC2. The van der Waals surface area contributed by atoms with E-state index in [1.54, 1.807) is 0 Å². The van der Waals surface area contributed by atoms with Gasteiger partial charge in [0, 0.05) is 29.0 Å². The summed E-state index contributed by atoms with van der Waals surface area (Å²) in [5.74, 6) is 3.00. The molecule has 2 aliphatic rings. The number of aryl methyl sites for hydroxylation is 1. The molecule has 2 aromatic carbocycles. The Hall–Kier alpha value is -2.25. The maximum atomic E-state index is 11.4. The highest BCUT2D eigenvalue weighted by atomic mass is 32.2. The summed E-state index contributed by atoms with van der Waals surface area (Å²) in [5.41, 5.74) is 3.63. The Labute approximate surface area is 184 Å². The maximum Gasteiger partial charge on any atom is 0.306 e. The summed E-state index contributed by atoms with van der Waals surface area (Å²) >= 11 is 3.31. The van der Waals surface area contributed by atoms with Gasteiger partial charge in [-0.05, 0) is 35.8 Å². The van der Waals surface area contributed by atoms with Crippen LogP contribution in [0.2, 0.25) is 0 Å². The largest absolute Gasteiger partial charge is 0.469 e. The van der Waals surface area contributed by atoms with Crippen molar-refractivity contribution in [3.05, 3.63) is 47.7 Å². The van der Waals surface area contributed by atoms with Gasteiger partial charge in [0.1, 0.15) is 5.82 Å². The van der Waals surface area contributed by atoms with Crippen LogP contribution in [0.3, 0.4) is 0 Å². The Morgan fingerprint density at radius 3 is 2.83 bits per heavy atom. The molecule has 1 saturated carbocycles. The number of benzene rings is 2. The highest BCUT2D eigenvalue weighted by Gasteiger charge is 2.26. The Bertz CT molecular complexity index is 1120. The van der Waals surface area contributed by atoms with Gasteiger partial charge < -0.3 is 10.1 Å². The molecule has 0 radical (unpaired) electrons. The third kappa shape index (κ3) is 4.01. The van der Waals surface area contributed by atoms with Gasteiger partial charge in [-0.1, -0.05) is 42.1 Å². The van der Waals surface area contributed by atoms with Crippen LogP contribution in [0.5, 0.6) is 0 Å². The monoisotopic (exact) mass is 437 g/mol. The van der Waals surface area contributed by atoms with E-state index in [1.807, 2.05) is 11.8 Å². The van der Waals surface area contributed by atoms with Crippen LogP contribution in [0.15, 0.2) is 46.5 Å². The number of thioether (sulfide) groups is 2. The molecule has 2 heterocycles. The number of hydrogen-bond acceptors (Lipinski definition) is 7. The van der Waals surface area contributed by atoms with E-state index in [4.69, 9.17) is 14.7 Å². The van der Waals surface area contributed by atoms with Crippen molar-refractivity contribution in [1.82, 2.24) is 9.97 Å². The average Bonchev–Trinajstić information content (AvgIpc) is 3.50. The van der Waals surface area contributed by atoms with Gasteiger partial charge in [-0.3, -0.25) is 4.79 Å². The second kappa shape index (κ2) is 8.47. The van der Waals surface area contributed by atoms with Gasteiger partial charge in [0.25, 0.3) is 0 Å². The molecular formula is C23H23N3O2S2. The summed E-state index contributed by atoms with van der Waals surface area (Å²) in [7, 11) is 1.41. The number of esters is 1. The molecule has 0 spiro atoms. The Kier molecular flexibility index (Phi) is 5.56. The van der Waals surface area contributed by atoms with Crippen LogP contribution in [0, 0.1) is 0 Å². The third-order valence-corrected chi connectivity index (χ3v) is 7.47. The molecule has 5 rings (SSSR count). The van der Waals surface area contributed by atoms with Crippen LogP contribution in [-0.4, -0.2) is 34.6 Å². The number of aromatic nitrogens is 2. The highest BCUT2D eigenvalue weighted by molar-refractivity contribution is 8.00. The molecule has 30 heavy (non-hydrogen) atoms. The molecule has 0 bridgehead atoms. The molecular weight excluding hydrogens is 414 g/mol. The quantitative estimate of drug-likeness (QED) is 0.295. The molecule has 3 aromatic rings. The zero-order valence-electron chi connectivity index (χ0n) is 16.8. The Balaban J connectivity index is 1.46. The van der Waals surface area contributed by atoms with E-state index in [-0.39, 0.29) is 5.97 Å². The van der Waals surface area contributed by atoms with Gasteiger partial charge in [0.2, 0.25) is 0 Å². The van der Waals surface area contributed by atoms with Crippen LogP contribution in [0.1, 0.15) is 36.4 Å². The molecule has 0 amide bonds. The highest BCUT2D eigenvalue weighted by Crippen LogP contribution is 2.45. The number of carbonyl (C=O) groups excluding carboxylic acids is 1. The third-order valence-electron chi connectivity index (χ3n) is 5.49. The molecule has 7 heteroatoms. The van der Waals surface area contributed by atoms with Crippen molar-refractivity contribution < 1.29 is 9.53 Å². The molecule has 0 atom stereocenters. The van der Waals surface area contributed by atoms with Gasteiger partial charge in [0.05, 0.1) is 24.1 Å². The first-order chi connectivity index (χ1) is 14.7. The predicted octanol–water partition coefficient (Wildman–Crippen LogP) is 5.55. The Morgan fingerprint density at radius 2 is 2.03 bits per heavy atom. The summed E-state index contributed by atoms with van der Waals surface area (Å²) in [6, 6.07) is 13.1. The summed E-state index contributed by atoms with van der Waals surface area (Å²) in [6.45, 7) is 0. The maximum absolute atomic E-state index is 11.4. The molecule has 1 aliphatic heterocycles. The van der Waals surface area contributed by atoms with E-state index in [0.717, 1.165) is 34.3 Å². The number of hydrogen-bond donors (Lipinski definition) is 1. The lowest BCUT2D eigenvalue weighted by molar-refractivity contribution is -0.140. The van der Waals surface area contributed by atoms with E-state index in [9.17, 15) is 4.79 Å². The predicted molar refractivity (Wildman–Crippen MR) is 123 cm³/mol. The topological polar surface area (TPSA) is 64.1 Å². The van der Waals surface area contributed by atoms with E-state index in [0.29, 0.717) is 23.2 Å². The molecule has 0 unspecified atom stereocenters. The number of nitrogens with one attached hydrogen (secondary N) is 1. The molecule has 1 aliphatic carbocycles. The van der Waals surface area contributed by atoms with Crippen LogP contribution in [0.4, 0.5) is 11.5 Å². The fourth-order valence-corrected chi connectivity index (χ4v) is 5.66. The van der Waals surface area contributed by atoms with E-state index in [2.05, 4.69) is 41.7 Å². The van der Waals surface area contributed by atoms with Gasteiger partial charge in [-0.25, -0.2) is 9.97 Å². The lowest BCUT2D eigenvalue weighted by atomic mass is 9.99. The zero-order chi connectivity index (χ0) is 20.5. The summed E-state index contributed by atoms with van der Waals surface area (Å²) in [6.07, 6.45) is 3.88. The smallest absolute Gasteiger partial charge is 0.306 e. The van der Waals surface area contributed by atoms with Crippen molar-refractivity contribution in [3.8, 4) is 0 Å². The molecule has 1 N–H and O–H groups in total. The number of fused-ring (bicyclic) bond motifs is 2. The first-order valence-electron chi connectivity index (χ1n) is 10.2. The minimum absolute atomic E-state index is 0.209. The summed E-state index contributed by atoms with van der Waals surface area (Å²) in [4.78, 5) is 22.1. The van der Waals surface area contributed by atoms with Crippen LogP contribution < -0.4 is 5.32 Å². The summed E-state index contributed by atoms with van der Waals surface area (Å²) < 4.78 is 4.73. The first-order valence-corrected chi connectivity index (χ1v) is 12.2. The van der Waals surface area contributed by atoms with Crippen molar-refractivity contribution in [1.29, 1.82) is 0 Å².